The summed E-state index contributed by atoms with van der Waals surface area (Å²) in [4.78, 5) is 6.48. The molecule has 1 unspecified atom stereocenters. The van der Waals surface area contributed by atoms with Gasteiger partial charge in [0.1, 0.15) is 5.69 Å². The average molecular weight is 418 g/mol. The Bertz CT molecular complexity index is 693. The van der Waals surface area contributed by atoms with Gasteiger partial charge in [-0.15, -0.1) is 21.5 Å². The molecule has 1 aliphatic rings. The number of hydrogen-bond donors (Lipinski definition) is 1. The van der Waals surface area contributed by atoms with Gasteiger partial charge in [-0.1, -0.05) is 13.8 Å². The van der Waals surface area contributed by atoms with E-state index < -0.39 is 12.4 Å². The molecule has 1 saturated heterocycles. The van der Waals surface area contributed by atoms with Crippen molar-refractivity contribution in [3.63, 3.8) is 0 Å². The van der Waals surface area contributed by atoms with Gasteiger partial charge in [-0.2, -0.15) is 4.39 Å². The molecule has 10 heteroatoms. The van der Waals surface area contributed by atoms with Gasteiger partial charge in [0, 0.05) is 18.7 Å². The minimum atomic E-state index is -2.59. The predicted octanol–water partition coefficient (Wildman–Crippen LogP) is 3.83. The van der Waals surface area contributed by atoms with E-state index in [1.165, 1.54) is 29.0 Å². The summed E-state index contributed by atoms with van der Waals surface area (Å²) in [6.45, 7) is 6.22. The molecule has 0 saturated carbocycles. The molecule has 1 aliphatic heterocycles. The molecule has 0 aromatic carbocycles. The van der Waals surface area contributed by atoms with Gasteiger partial charge in [0.2, 0.25) is 11.8 Å². The normalized spacial score (nSPS) is 16.5. The highest BCUT2D eigenvalue weighted by molar-refractivity contribution is 7.09. The highest BCUT2D eigenvalue weighted by Gasteiger charge is 2.30. The average Bonchev–Trinajstić information content (AvgIpc) is 3.20. The number of rotatable bonds is 7. The monoisotopic (exact) mass is 417 g/mol. The summed E-state index contributed by atoms with van der Waals surface area (Å²) in [7, 11) is 0. The van der Waals surface area contributed by atoms with E-state index in [-0.39, 0.29) is 18.3 Å². The molecule has 0 bridgehead atoms. The lowest BCUT2D eigenvalue weighted by Crippen LogP contribution is -2.41. The first-order valence-electron chi connectivity index (χ1n) is 9.36. The third kappa shape index (κ3) is 5.86. The van der Waals surface area contributed by atoms with Crippen LogP contribution in [0, 0.1) is 11.9 Å². The van der Waals surface area contributed by atoms with Crippen LogP contribution in [0.5, 0.6) is 5.88 Å². The Morgan fingerprint density at radius 3 is 2.54 bits per heavy atom. The Morgan fingerprint density at radius 1 is 1.25 bits per heavy atom. The van der Waals surface area contributed by atoms with Gasteiger partial charge in [-0.25, -0.2) is 13.8 Å². The molecule has 0 amide bonds. The van der Waals surface area contributed by atoms with Crippen LogP contribution in [0.3, 0.4) is 0 Å². The van der Waals surface area contributed by atoms with Gasteiger partial charge in [0.25, 0.3) is 6.43 Å². The lowest BCUT2D eigenvalue weighted by Gasteiger charge is -2.36. The fourth-order valence-electron chi connectivity index (χ4n) is 3.11. The first-order valence-corrected chi connectivity index (χ1v) is 10.2. The van der Waals surface area contributed by atoms with Gasteiger partial charge in [-0.3, -0.25) is 4.90 Å². The Balaban J connectivity index is 0.00000136. The van der Waals surface area contributed by atoms with Gasteiger partial charge < -0.3 is 10.5 Å². The van der Waals surface area contributed by atoms with Crippen molar-refractivity contribution in [3.05, 3.63) is 34.2 Å². The number of hydrogen-bond acceptors (Lipinski definition) is 7. The highest BCUT2D eigenvalue weighted by Crippen LogP contribution is 2.34. The Labute approximate surface area is 166 Å². The first kappa shape index (κ1) is 22.5. The van der Waals surface area contributed by atoms with Gasteiger partial charge >= 0.3 is 0 Å². The zero-order chi connectivity index (χ0) is 20.5. The molecule has 6 nitrogen and oxygen atoms in total. The third-order valence-electron chi connectivity index (χ3n) is 4.52. The van der Waals surface area contributed by atoms with E-state index in [9.17, 15) is 13.2 Å². The number of likely N-dealkylation sites (tertiary alicyclic amines) is 1. The quantitative estimate of drug-likeness (QED) is 0.738. The van der Waals surface area contributed by atoms with E-state index in [0.717, 1.165) is 25.9 Å². The second-order valence-electron chi connectivity index (χ2n) is 6.14. The Morgan fingerprint density at radius 2 is 1.96 bits per heavy atom. The van der Waals surface area contributed by atoms with Crippen molar-refractivity contribution in [1.82, 2.24) is 20.1 Å². The fraction of sp³-hybridized carbons (Fsp3) is 0.611. The zero-order valence-electron chi connectivity index (χ0n) is 16.0. The number of alkyl halides is 2. The number of ether oxygens (including phenoxy) is 1. The Hall–Kier alpha value is -1.78. The second kappa shape index (κ2) is 11.3. The van der Waals surface area contributed by atoms with Crippen LogP contribution in [-0.4, -0.2) is 46.3 Å². The molecule has 2 aromatic rings. The topological polar surface area (TPSA) is 77.2 Å². The van der Waals surface area contributed by atoms with Crippen molar-refractivity contribution in [1.29, 1.82) is 0 Å². The molecule has 156 valence electrons. The minimum absolute atomic E-state index is 0.161. The van der Waals surface area contributed by atoms with E-state index in [1.807, 2.05) is 13.8 Å². The van der Waals surface area contributed by atoms with Gasteiger partial charge in [0.05, 0.1) is 23.0 Å². The number of halogens is 3. The maximum Gasteiger partial charge on any atom is 0.281 e. The molecule has 2 N–H and O–H groups in total. The molecule has 28 heavy (non-hydrogen) atoms. The van der Waals surface area contributed by atoms with E-state index in [4.69, 9.17) is 10.5 Å². The smallest absolute Gasteiger partial charge is 0.281 e. The van der Waals surface area contributed by atoms with Gasteiger partial charge in [-0.05, 0) is 31.8 Å². The molecule has 0 spiro atoms. The van der Waals surface area contributed by atoms with Crippen molar-refractivity contribution < 1.29 is 17.9 Å². The third-order valence-corrected chi connectivity index (χ3v) is 5.47. The van der Waals surface area contributed by atoms with E-state index in [2.05, 4.69) is 20.1 Å². The summed E-state index contributed by atoms with van der Waals surface area (Å²) in [6.07, 6.45) is -0.880. The SMILES string of the molecule is CC.NCC(c1scnc1C(F)F)N1CCC(COc2ccc(F)nn2)CC1. The minimum Gasteiger partial charge on any atom is -0.476 e. The van der Waals surface area contributed by atoms with E-state index in [0.29, 0.717) is 23.3 Å². The van der Waals surface area contributed by atoms with Crippen LogP contribution in [0.2, 0.25) is 0 Å². The summed E-state index contributed by atoms with van der Waals surface area (Å²) in [5, 5.41) is 6.94. The van der Waals surface area contributed by atoms with E-state index >= 15 is 0 Å². The van der Waals surface area contributed by atoms with Crippen LogP contribution >= 0.6 is 11.3 Å². The number of nitrogens with zero attached hydrogens (tertiary/aromatic N) is 4. The molecule has 3 rings (SSSR count). The van der Waals surface area contributed by atoms with Crippen LogP contribution in [0.15, 0.2) is 17.6 Å². The van der Waals surface area contributed by atoms with Crippen molar-refractivity contribution in [3.8, 4) is 5.88 Å². The number of nitrogens with two attached hydrogens (primary N) is 1. The van der Waals surface area contributed by atoms with Crippen LogP contribution in [0.25, 0.3) is 0 Å². The zero-order valence-corrected chi connectivity index (χ0v) is 16.8. The molecule has 1 atom stereocenters. The van der Waals surface area contributed by atoms with Crippen molar-refractivity contribution >= 4 is 11.3 Å². The molecule has 0 radical (unpaired) electrons. The van der Waals surface area contributed by atoms with Gasteiger partial charge in [0.15, 0.2) is 0 Å². The molecule has 1 fully saturated rings. The summed E-state index contributed by atoms with van der Waals surface area (Å²) in [5.41, 5.74) is 7.15. The summed E-state index contributed by atoms with van der Waals surface area (Å²) >= 11 is 1.23. The molecule has 2 aromatic heterocycles. The molecular weight excluding hydrogens is 391 g/mol. The lowest BCUT2D eigenvalue weighted by molar-refractivity contribution is 0.104. The predicted molar refractivity (Wildman–Crippen MR) is 102 cm³/mol. The summed E-state index contributed by atoms with van der Waals surface area (Å²) in [6, 6.07) is 2.40. The van der Waals surface area contributed by atoms with Crippen molar-refractivity contribution in [2.45, 2.75) is 39.2 Å². The maximum absolute atomic E-state index is 13.1. The molecule has 0 aliphatic carbocycles. The number of aromatic nitrogens is 3. The Kier molecular flexibility index (Phi) is 9.07. The van der Waals surface area contributed by atoms with Crippen LogP contribution in [-0.2, 0) is 0 Å². The molecular formula is C18H26F3N5OS. The highest BCUT2D eigenvalue weighted by atomic mass is 32.1. The van der Waals surface area contributed by atoms with Crippen LogP contribution in [0.4, 0.5) is 13.2 Å². The maximum atomic E-state index is 13.1. The standard InChI is InChI=1S/C16H20F3N5OS.C2H6/c17-12-1-2-13(23-22-12)25-8-10-3-5-24(6-4-10)11(7-20)15-14(16(18)19)21-9-26-15;1-2/h1-2,9-11,16H,3-8,20H2;1-2H3. The fourth-order valence-corrected chi connectivity index (χ4v) is 4.06. The second-order valence-corrected chi connectivity index (χ2v) is 7.03. The van der Waals surface area contributed by atoms with Crippen molar-refractivity contribution in [2.75, 3.05) is 26.2 Å². The van der Waals surface area contributed by atoms with E-state index in [1.54, 1.807) is 0 Å². The number of piperidine rings is 1. The van der Waals surface area contributed by atoms with Crippen molar-refractivity contribution in [2.24, 2.45) is 11.7 Å². The molecule has 3 heterocycles. The lowest BCUT2D eigenvalue weighted by atomic mass is 9.96. The van der Waals surface area contributed by atoms with Crippen LogP contribution in [0.1, 0.15) is 49.7 Å². The summed E-state index contributed by atoms with van der Waals surface area (Å²) in [5.74, 6) is -0.0443. The first-order chi connectivity index (χ1) is 13.6. The number of thiazole rings is 1. The summed E-state index contributed by atoms with van der Waals surface area (Å²) < 4.78 is 44.5. The largest absolute Gasteiger partial charge is 0.476 e. The van der Waals surface area contributed by atoms with Crippen LogP contribution < -0.4 is 10.5 Å².